The van der Waals surface area contributed by atoms with Gasteiger partial charge in [0.2, 0.25) is 0 Å². The van der Waals surface area contributed by atoms with Crippen molar-refractivity contribution in [3.63, 3.8) is 0 Å². The van der Waals surface area contributed by atoms with Crippen LogP contribution in [0.1, 0.15) is 88.5 Å². The molecule has 0 aromatic heterocycles. The van der Waals surface area contributed by atoms with E-state index in [1.54, 1.807) is 13.8 Å². The van der Waals surface area contributed by atoms with E-state index in [0.29, 0.717) is 5.41 Å². The fraction of sp³-hybridized carbons (Fsp3) is 0.778. The molecule has 0 aromatic rings. The Bertz CT molecular complexity index is 74.0. The fourth-order valence-electron chi connectivity index (χ4n) is 0.655. The van der Waals surface area contributed by atoms with Crippen molar-refractivity contribution in [1.29, 1.82) is 0 Å². The number of rotatable bonds is 3. The topological polar surface area (TPSA) is 0 Å². The van der Waals surface area contributed by atoms with E-state index in [9.17, 15) is 0 Å². The van der Waals surface area contributed by atoms with Crippen LogP contribution in [0.2, 0.25) is 0 Å². The molecule has 0 aliphatic carbocycles. The van der Waals surface area contributed by atoms with E-state index in [1.807, 2.05) is 0 Å². The zero-order chi connectivity index (χ0) is 14.0. The molecule has 2 heteroatoms. The Kier molecular flexibility index (Phi) is 124. The van der Waals surface area contributed by atoms with Gasteiger partial charge < -0.3 is 27.7 Å². The third kappa shape index (κ3) is 120. The van der Waals surface area contributed by atoms with Crippen molar-refractivity contribution < 1.29 is 42.1 Å². The normalized spacial score (nSPS) is 6.90. The first-order valence-corrected chi connectivity index (χ1v) is 6.47. The fourth-order valence-corrected chi connectivity index (χ4v) is 0.655. The molecule has 0 amide bonds. The smallest absolute Gasteiger partial charge is 0.346 e. The van der Waals surface area contributed by atoms with Gasteiger partial charge in [0.1, 0.15) is 0 Å². The number of unbranched alkanes of at least 4 members (excludes halogenated alkanes) is 2. The van der Waals surface area contributed by atoms with E-state index < -0.39 is 0 Å². The molecule has 0 atom stereocenters. The van der Waals surface area contributed by atoms with Crippen molar-refractivity contribution in [2.24, 2.45) is 5.41 Å². The predicted octanol–water partition coefficient (Wildman–Crippen LogP) is 7.61. The summed E-state index contributed by atoms with van der Waals surface area (Å²) < 4.78 is 0. The molecule has 128 valence electrons. The molecule has 0 radical (unpaired) electrons. The first kappa shape index (κ1) is 49.6. The van der Waals surface area contributed by atoms with Gasteiger partial charge in [-0.1, -0.05) is 61.8 Å². The Morgan fingerprint density at radius 3 is 1.05 bits per heavy atom. The Morgan fingerprint density at radius 1 is 0.750 bits per heavy atom. The molecular weight excluding hydrogens is 584 g/mol. The summed E-state index contributed by atoms with van der Waals surface area (Å²) in [7, 11) is 0. The Hall–Kier alpha value is 1.38. The second-order valence-corrected chi connectivity index (χ2v) is 4.37. The number of hydrogen-bond donors (Lipinski definition) is 0. The van der Waals surface area contributed by atoms with Gasteiger partial charge in [0, 0.05) is 0 Å². The predicted molar refractivity (Wildman–Crippen MR) is 94.5 cm³/mol. The third-order valence-corrected chi connectivity index (χ3v) is 1.53. The minimum absolute atomic E-state index is 0. The Labute approximate surface area is 163 Å². The standard InChI is InChI=1S/C8H17.C4H9.2C2H5.2CH4.2W/c1-5-6-7-8(2,3)4;1-3-4-2;2*1-2;;;;/h1,5-7H2,2-4H3;1,3-4H2,2H3;2*1H2,2H3;2*1H4;;/q4*-1;;;2*+2. The first-order valence-electron chi connectivity index (χ1n) is 6.47. The van der Waals surface area contributed by atoms with Gasteiger partial charge in [-0.2, -0.15) is 26.7 Å². The summed E-state index contributed by atoms with van der Waals surface area (Å²) in [5, 5.41) is 0. The van der Waals surface area contributed by atoms with E-state index >= 15 is 0 Å². The van der Waals surface area contributed by atoms with Gasteiger partial charge in [-0.3, -0.25) is 0 Å². The van der Waals surface area contributed by atoms with E-state index in [4.69, 9.17) is 0 Å². The molecule has 0 aromatic carbocycles. The van der Waals surface area contributed by atoms with Crippen LogP contribution < -0.4 is 0 Å². The molecule has 0 aliphatic rings. The Morgan fingerprint density at radius 2 is 1.00 bits per heavy atom. The maximum atomic E-state index is 3.79. The summed E-state index contributed by atoms with van der Waals surface area (Å²) in [6, 6.07) is 0. The van der Waals surface area contributed by atoms with Crippen LogP contribution >= 0.6 is 0 Å². The summed E-state index contributed by atoms with van der Waals surface area (Å²) in [4.78, 5) is 0. The van der Waals surface area contributed by atoms with Crippen molar-refractivity contribution in [3.8, 4) is 0 Å². The minimum Gasteiger partial charge on any atom is -0.346 e. The molecular formula is C18H44W2. The van der Waals surface area contributed by atoms with Gasteiger partial charge >= 0.3 is 42.1 Å². The van der Waals surface area contributed by atoms with Gasteiger partial charge in [0.15, 0.2) is 0 Å². The number of hydrogen-bond acceptors (Lipinski definition) is 0. The van der Waals surface area contributed by atoms with Gasteiger partial charge in [-0.15, -0.1) is 0 Å². The van der Waals surface area contributed by atoms with Crippen LogP contribution in [0.4, 0.5) is 0 Å². The van der Waals surface area contributed by atoms with Crippen LogP contribution in [0.3, 0.4) is 0 Å². The summed E-state index contributed by atoms with van der Waals surface area (Å²) >= 11 is 0. The molecule has 0 nitrogen and oxygen atoms in total. The van der Waals surface area contributed by atoms with Crippen LogP contribution in [0.25, 0.3) is 0 Å². The van der Waals surface area contributed by atoms with Gasteiger partial charge in [-0.05, 0) is 5.41 Å². The zero-order valence-corrected chi connectivity index (χ0v) is 19.5. The largest absolute Gasteiger partial charge is 2.00 e. The quantitative estimate of drug-likeness (QED) is 0.283. The minimum atomic E-state index is 0. The second kappa shape index (κ2) is 49.9. The van der Waals surface area contributed by atoms with Crippen LogP contribution in [0.15, 0.2) is 0 Å². The van der Waals surface area contributed by atoms with Crippen molar-refractivity contribution in [1.82, 2.24) is 0 Å². The van der Waals surface area contributed by atoms with E-state index in [-0.39, 0.29) is 57.0 Å². The molecule has 20 heavy (non-hydrogen) atoms. The third-order valence-electron chi connectivity index (χ3n) is 1.53. The van der Waals surface area contributed by atoms with Crippen LogP contribution in [-0.4, -0.2) is 0 Å². The van der Waals surface area contributed by atoms with Crippen molar-refractivity contribution in [2.45, 2.75) is 88.5 Å². The van der Waals surface area contributed by atoms with Crippen molar-refractivity contribution in [2.75, 3.05) is 0 Å². The summed E-state index contributed by atoms with van der Waals surface area (Å²) in [6.45, 7) is 26.3. The summed E-state index contributed by atoms with van der Waals surface area (Å²) in [5.74, 6) is 0. The van der Waals surface area contributed by atoms with E-state index in [0.717, 1.165) is 12.8 Å². The van der Waals surface area contributed by atoms with Crippen LogP contribution in [0, 0.1) is 33.1 Å². The van der Waals surface area contributed by atoms with Gasteiger partial charge in [0.25, 0.3) is 0 Å². The molecule has 0 saturated carbocycles. The summed E-state index contributed by atoms with van der Waals surface area (Å²) in [5.41, 5.74) is 0.512. The monoisotopic (exact) mass is 628 g/mol. The molecule has 0 unspecified atom stereocenters. The molecule has 0 saturated heterocycles. The van der Waals surface area contributed by atoms with Crippen LogP contribution in [-0.2, 0) is 42.1 Å². The average Bonchev–Trinajstić information content (AvgIpc) is 2.31. The van der Waals surface area contributed by atoms with Crippen LogP contribution in [0.5, 0.6) is 0 Å². The zero-order valence-electron chi connectivity index (χ0n) is 13.7. The average molecular weight is 628 g/mol. The maximum Gasteiger partial charge on any atom is 2.00 e. The SMILES string of the molecule is C.C.[CH2-]C.[CH2-]C.[CH2-]CCC.[CH2-]CCCC(C)(C)C.[W+2].[W+2]. The van der Waals surface area contributed by atoms with Crippen molar-refractivity contribution >= 4 is 0 Å². The van der Waals surface area contributed by atoms with Gasteiger partial charge in [0.05, 0.1) is 0 Å². The maximum absolute atomic E-state index is 3.79. The van der Waals surface area contributed by atoms with E-state index in [2.05, 4.69) is 55.4 Å². The Balaban J connectivity index is -0.0000000176. The molecule has 0 fully saturated rings. The molecule has 0 aliphatic heterocycles. The second-order valence-electron chi connectivity index (χ2n) is 4.37. The van der Waals surface area contributed by atoms with E-state index in [1.165, 1.54) is 19.3 Å². The first-order chi connectivity index (χ1) is 7.47. The molecule has 0 spiro atoms. The molecule has 0 bridgehead atoms. The molecule has 0 heterocycles. The van der Waals surface area contributed by atoms with Gasteiger partial charge in [-0.25, -0.2) is 0 Å². The van der Waals surface area contributed by atoms with Crippen molar-refractivity contribution in [3.05, 3.63) is 27.7 Å². The molecule has 0 N–H and O–H groups in total. The molecule has 0 rings (SSSR count). The summed E-state index contributed by atoms with van der Waals surface area (Å²) in [6.07, 6.45) is 5.93.